The highest BCUT2D eigenvalue weighted by atomic mass is 16.3. The molecule has 0 atom stereocenters. The Labute approximate surface area is 101 Å². The van der Waals surface area contributed by atoms with Gasteiger partial charge in [-0.2, -0.15) is 5.10 Å². The summed E-state index contributed by atoms with van der Waals surface area (Å²) in [7, 11) is 0. The van der Waals surface area contributed by atoms with Gasteiger partial charge in [-0.25, -0.2) is 5.43 Å². The maximum atomic E-state index is 11.7. The largest absolute Gasteiger partial charge is 0.508 e. The highest BCUT2D eigenvalue weighted by Gasteiger charge is 2.05. The fraction of sp³-hybridized carbons (Fsp3) is 0.385. The third kappa shape index (κ3) is 4.68. The number of amides is 1. The molecule has 0 aliphatic heterocycles. The van der Waals surface area contributed by atoms with E-state index in [1.54, 1.807) is 12.1 Å². The molecule has 92 valence electrons. The predicted molar refractivity (Wildman–Crippen MR) is 68.1 cm³/mol. The van der Waals surface area contributed by atoms with Gasteiger partial charge in [-0.05, 0) is 37.5 Å². The minimum absolute atomic E-state index is 0.0699. The Balaban J connectivity index is 2.61. The quantitative estimate of drug-likeness (QED) is 0.621. The molecule has 0 aliphatic rings. The van der Waals surface area contributed by atoms with Gasteiger partial charge in [0.05, 0.1) is 0 Å². The van der Waals surface area contributed by atoms with Crippen LogP contribution < -0.4 is 5.43 Å². The first-order chi connectivity index (χ1) is 7.99. The zero-order valence-corrected chi connectivity index (χ0v) is 10.4. The smallest absolute Gasteiger partial charge is 0.271 e. The van der Waals surface area contributed by atoms with Gasteiger partial charge in [-0.1, -0.05) is 19.9 Å². The highest BCUT2D eigenvalue weighted by molar-refractivity contribution is 5.95. The first-order valence-electron chi connectivity index (χ1n) is 5.61. The second-order valence-corrected chi connectivity index (χ2v) is 4.44. The molecule has 0 fully saturated rings. The second-order valence-electron chi connectivity index (χ2n) is 4.44. The van der Waals surface area contributed by atoms with Crippen LogP contribution in [0.3, 0.4) is 0 Å². The number of phenols is 1. The van der Waals surface area contributed by atoms with Crippen molar-refractivity contribution in [2.75, 3.05) is 0 Å². The third-order valence-electron chi connectivity index (χ3n) is 2.16. The summed E-state index contributed by atoms with van der Waals surface area (Å²) in [5, 5.41) is 13.2. The summed E-state index contributed by atoms with van der Waals surface area (Å²) in [6.07, 6.45) is 0.848. The van der Waals surface area contributed by atoms with Crippen molar-refractivity contribution in [3.63, 3.8) is 0 Å². The van der Waals surface area contributed by atoms with E-state index in [0.29, 0.717) is 11.5 Å². The van der Waals surface area contributed by atoms with Crippen LogP contribution in [0.1, 0.15) is 37.6 Å². The number of carbonyl (C=O) groups is 1. The van der Waals surface area contributed by atoms with Crippen molar-refractivity contribution < 1.29 is 9.90 Å². The van der Waals surface area contributed by atoms with Crippen molar-refractivity contribution in [2.45, 2.75) is 27.2 Å². The average molecular weight is 234 g/mol. The molecule has 0 heterocycles. The lowest BCUT2D eigenvalue weighted by Gasteiger charge is -2.05. The Morgan fingerprint density at radius 3 is 2.76 bits per heavy atom. The van der Waals surface area contributed by atoms with Crippen molar-refractivity contribution in [1.29, 1.82) is 0 Å². The van der Waals surface area contributed by atoms with Gasteiger partial charge in [-0.15, -0.1) is 0 Å². The number of benzene rings is 1. The summed E-state index contributed by atoms with van der Waals surface area (Å²) >= 11 is 0. The first-order valence-corrected chi connectivity index (χ1v) is 5.61. The SMILES string of the molecule is CC(CC(C)C)=NNC(=O)c1cccc(O)c1. The van der Waals surface area contributed by atoms with E-state index < -0.39 is 0 Å². The fourth-order valence-electron chi connectivity index (χ4n) is 1.49. The second kappa shape index (κ2) is 6.03. The van der Waals surface area contributed by atoms with Crippen molar-refractivity contribution in [3.8, 4) is 5.75 Å². The molecule has 1 aromatic rings. The minimum Gasteiger partial charge on any atom is -0.508 e. The van der Waals surface area contributed by atoms with Crippen molar-refractivity contribution >= 4 is 11.6 Å². The summed E-state index contributed by atoms with van der Waals surface area (Å²) in [6.45, 7) is 6.06. The van der Waals surface area contributed by atoms with Gasteiger partial charge in [0.25, 0.3) is 5.91 Å². The number of hydrogen-bond acceptors (Lipinski definition) is 3. The Kier molecular flexibility index (Phi) is 4.69. The van der Waals surface area contributed by atoms with Gasteiger partial charge in [-0.3, -0.25) is 4.79 Å². The molecule has 4 heteroatoms. The summed E-state index contributed by atoms with van der Waals surface area (Å²) in [6, 6.07) is 6.17. The van der Waals surface area contributed by atoms with Crippen LogP contribution in [0.5, 0.6) is 5.75 Å². The molecular formula is C13H18N2O2. The fourth-order valence-corrected chi connectivity index (χ4v) is 1.49. The number of hydrazone groups is 1. The minimum atomic E-state index is -0.316. The molecule has 2 N–H and O–H groups in total. The molecule has 17 heavy (non-hydrogen) atoms. The topological polar surface area (TPSA) is 61.7 Å². The van der Waals surface area contributed by atoms with Gasteiger partial charge in [0.1, 0.15) is 5.75 Å². The predicted octanol–water partition coefficient (Wildman–Crippen LogP) is 2.54. The molecule has 4 nitrogen and oxygen atoms in total. The lowest BCUT2D eigenvalue weighted by atomic mass is 10.1. The Hall–Kier alpha value is -1.84. The van der Waals surface area contributed by atoms with Gasteiger partial charge in [0.2, 0.25) is 0 Å². The van der Waals surface area contributed by atoms with Crippen molar-refractivity contribution in [1.82, 2.24) is 5.43 Å². The number of aromatic hydroxyl groups is 1. The molecule has 0 spiro atoms. The number of carbonyl (C=O) groups excluding carboxylic acids is 1. The molecule has 0 aromatic heterocycles. The van der Waals surface area contributed by atoms with Gasteiger partial charge in [0, 0.05) is 11.3 Å². The normalized spacial score (nSPS) is 11.6. The van der Waals surface area contributed by atoms with E-state index in [-0.39, 0.29) is 11.7 Å². The summed E-state index contributed by atoms with van der Waals surface area (Å²) < 4.78 is 0. The summed E-state index contributed by atoms with van der Waals surface area (Å²) in [5.74, 6) is 0.265. The van der Waals surface area contributed by atoms with E-state index in [2.05, 4.69) is 24.4 Å². The lowest BCUT2D eigenvalue weighted by Crippen LogP contribution is -2.19. The van der Waals surface area contributed by atoms with Crippen LogP contribution in [0.2, 0.25) is 0 Å². The number of rotatable bonds is 4. The van der Waals surface area contributed by atoms with Gasteiger partial charge < -0.3 is 5.11 Å². The number of phenolic OH excluding ortho intramolecular Hbond substituents is 1. The van der Waals surface area contributed by atoms with E-state index in [1.807, 2.05) is 6.92 Å². The van der Waals surface area contributed by atoms with Crippen LogP contribution in [-0.4, -0.2) is 16.7 Å². The monoisotopic (exact) mass is 234 g/mol. The number of hydrogen-bond donors (Lipinski definition) is 2. The Bertz CT molecular complexity index is 425. The van der Waals surface area contributed by atoms with E-state index in [4.69, 9.17) is 0 Å². The maximum Gasteiger partial charge on any atom is 0.271 e. The van der Waals surface area contributed by atoms with Crippen LogP contribution in [0.4, 0.5) is 0 Å². The molecule has 1 aromatic carbocycles. The Morgan fingerprint density at radius 1 is 1.47 bits per heavy atom. The van der Waals surface area contributed by atoms with Crippen molar-refractivity contribution in [3.05, 3.63) is 29.8 Å². The third-order valence-corrected chi connectivity index (χ3v) is 2.16. The van der Waals surface area contributed by atoms with E-state index in [1.165, 1.54) is 12.1 Å². The van der Waals surface area contributed by atoms with Crippen LogP contribution in [0, 0.1) is 5.92 Å². The number of nitrogens with one attached hydrogen (secondary N) is 1. The van der Waals surface area contributed by atoms with E-state index >= 15 is 0 Å². The molecule has 0 radical (unpaired) electrons. The molecule has 0 unspecified atom stereocenters. The molecular weight excluding hydrogens is 216 g/mol. The van der Waals surface area contributed by atoms with Crippen LogP contribution in [-0.2, 0) is 0 Å². The van der Waals surface area contributed by atoms with Gasteiger partial charge in [0.15, 0.2) is 0 Å². The van der Waals surface area contributed by atoms with E-state index in [0.717, 1.165) is 12.1 Å². The molecule has 0 aliphatic carbocycles. The standard InChI is InChI=1S/C13H18N2O2/c1-9(2)7-10(3)14-15-13(17)11-5-4-6-12(16)8-11/h4-6,8-9,16H,7H2,1-3H3,(H,15,17). The lowest BCUT2D eigenvalue weighted by molar-refractivity contribution is 0.0954. The highest BCUT2D eigenvalue weighted by Crippen LogP contribution is 2.10. The Morgan fingerprint density at radius 2 is 2.18 bits per heavy atom. The molecule has 0 bridgehead atoms. The van der Waals surface area contributed by atoms with Crippen molar-refractivity contribution in [2.24, 2.45) is 11.0 Å². The maximum absolute atomic E-state index is 11.7. The zero-order chi connectivity index (χ0) is 12.8. The molecule has 1 amide bonds. The number of nitrogens with zero attached hydrogens (tertiary/aromatic N) is 1. The molecule has 0 saturated heterocycles. The summed E-state index contributed by atoms with van der Waals surface area (Å²) in [4.78, 5) is 11.7. The van der Waals surface area contributed by atoms with Crippen LogP contribution >= 0.6 is 0 Å². The van der Waals surface area contributed by atoms with Crippen LogP contribution in [0.15, 0.2) is 29.4 Å². The first kappa shape index (κ1) is 13.2. The molecule has 0 saturated carbocycles. The van der Waals surface area contributed by atoms with Gasteiger partial charge >= 0.3 is 0 Å². The van der Waals surface area contributed by atoms with E-state index in [9.17, 15) is 9.90 Å². The zero-order valence-electron chi connectivity index (χ0n) is 10.4. The molecule has 1 rings (SSSR count). The van der Waals surface area contributed by atoms with Crippen LogP contribution in [0.25, 0.3) is 0 Å². The average Bonchev–Trinajstić information content (AvgIpc) is 2.25. The summed E-state index contributed by atoms with van der Waals surface area (Å²) in [5.41, 5.74) is 3.75.